The predicted octanol–water partition coefficient (Wildman–Crippen LogP) is 6.01. The van der Waals surface area contributed by atoms with Gasteiger partial charge in [0.2, 0.25) is 5.88 Å². The number of piperidine rings is 1. The number of hydrogen-bond acceptors (Lipinski definition) is 11. The standard InChI is InChI=1S/C40H47F2N5O6/c1-38(49)20-46(15-17-52-21-38)35-31-34(32(42)33(43-36(31)50-2)26-19-25(48)18-24-6-3-7-27(41)30(24)26)44-37(45-35)53-23-39-10-4-8-28(39)47(14-5-11-39)29-9-12-40(29)13-16-51-22-40/h3,6-7,18-19,28-29,48-49H,4-5,8-17,20-23H2,1-2H3. The normalized spacial score (nSPS) is 30.5. The molecule has 5 atom stereocenters. The molecular weight excluding hydrogens is 684 g/mol. The van der Waals surface area contributed by atoms with Crippen LogP contribution in [-0.2, 0) is 9.47 Å². The minimum Gasteiger partial charge on any atom is -0.508 e. The van der Waals surface area contributed by atoms with Gasteiger partial charge in [0.15, 0.2) is 5.82 Å². The van der Waals surface area contributed by atoms with Gasteiger partial charge in [0.1, 0.15) is 39.6 Å². The van der Waals surface area contributed by atoms with E-state index in [-0.39, 0.29) is 69.2 Å². The van der Waals surface area contributed by atoms with Gasteiger partial charge < -0.3 is 34.1 Å². The number of aromatic nitrogens is 3. The molecule has 2 aromatic heterocycles. The highest BCUT2D eigenvalue weighted by Crippen LogP contribution is 2.56. The molecule has 5 heterocycles. The SMILES string of the molecule is COc1nc(-c2cc(O)cc3cccc(F)c23)c(F)c2nc(OCC34CCCC3N(C3CCC35CCOC5)CCC4)nc(N3CCOCC(C)(O)C3)c12. The molecule has 11 nitrogen and oxygen atoms in total. The van der Waals surface area contributed by atoms with Crippen LogP contribution in [0.25, 0.3) is 32.9 Å². The summed E-state index contributed by atoms with van der Waals surface area (Å²) < 4.78 is 56.6. The first-order chi connectivity index (χ1) is 25.6. The van der Waals surface area contributed by atoms with Crippen molar-refractivity contribution in [1.82, 2.24) is 19.9 Å². The largest absolute Gasteiger partial charge is 0.508 e. The van der Waals surface area contributed by atoms with Crippen molar-refractivity contribution in [3.05, 3.63) is 42.0 Å². The molecule has 0 radical (unpaired) electrons. The smallest absolute Gasteiger partial charge is 0.319 e. The zero-order chi connectivity index (χ0) is 36.5. The molecule has 2 aromatic carbocycles. The van der Waals surface area contributed by atoms with Crippen LogP contribution in [-0.4, -0.2) is 108 Å². The Balaban J connectivity index is 1.15. The van der Waals surface area contributed by atoms with Crippen LogP contribution in [0.1, 0.15) is 58.3 Å². The molecule has 2 aliphatic carbocycles. The van der Waals surface area contributed by atoms with Crippen LogP contribution in [0, 0.1) is 22.5 Å². The number of phenols is 1. The van der Waals surface area contributed by atoms with Crippen LogP contribution in [0.4, 0.5) is 14.6 Å². The number of aromatic hydroxyl groups is 1. The van der Waals surface area contributed by atoms with Crippen molar-refractivity contribution in [1.29, 1.82) is 0 Å². The maximum Gasteiger partial charge on any atom is 0.319 e. The van der Waals surface area contributed by atoms with Gasteiger partial charge in [0, 0.05) is 47.0 Å². The summed E-state index contributed by atoms with van der Waals surface area (Å²) in [6.07, 6.45) is 8.92. The average molecular weight is 732 g/mol. The number of anilines is 1. The van der Waals surface area contributed by atoms with E-state index in [1.165, 1.54) is 44.2 Å². The predicted molar refractivity (Wildman–Crippen MR) is 194 cm³/mol. The van der Waals surface area contributed by atoms with Gasteiger partial charge in [-0.15, -0.1) is 0 Å². The van der Waals surface area contributed by atoms with Crippen LogP contribution in [0.15, 0.2) is 30.3 Å². The number of rotatable bonds is 7. The molecular formula is C40H47F2N5O6. The summed E-state index contributed by atoms with van der Waals surface area (Å²) in [5.41, 5.74) is -1.34. The lowest BCUT2D eigenvalue weighted by Gasteiger charge is -2.58. The van der Waals surface area contributed by atoms with Crippen molar-refractivity contribution in [3.63, 3.8) is 0 Å². The number of nitrogens with zero attached hydrogens (tertiary/aromatic N) is 5. The Labute approximate surface area is 307 Å². The minimum absolute atomic E-state index is 0.00353. The second-order valence-electron chi connectivity index (χ2n) is 16.3. The number of methoxy groups -OCH3 is 1. The summed E-state index contributed by atoms with van der Waals surface area (Å²) in [5, 5.41) is 22.5. The monoisotopic (exact) mass is 731 g/mol. The van der Waals surface area contributed by atoms with Gasteiger partial charge in [0.05, 0.1) is 40.1 Å². The summed E-state index contributed by atoms with van der Waals surface area (Å²) in [4.78, 5) is 18.8. The fourth-order valence-corrected chi connectivity index (χ4v) is 10.3. The third kappa shape index (κ3) is 5.86. The number of hydrogen-bond donors (Lipinski definition) is 2. The second kappa shape index (κ2) is 13.1. The lowest BCUT2D eigenvalue weighted by atomic mass is 9.61. The number of β-amino-alcohol motifs (C(OH)–C–C–N with tert-alkyl or cyclic N) is 1. The topological polar surface area (TPSA) is 123 Å². The molecule has 2 N–H and O–H groups in total. The van der Waals surface area contributed by atoms with Crippen molar-refractivity contribution in [2.75, 3.05) is 64.7 Å². The Morgan fingerprint density at radius 2 is 1.79 bits per heavy atom. The first kappa shape index (κ1) is 34.8. The van der Waals surface area contributed by atoms with E-state index in [2.05, 4.69) is 9.88 Å². The molecule has 53 heavy (non-hydrogen) atoms. The minimum atomic E-state index is -1.23. The van der Waals surface area contributed by atoms with Gasteiger partial charge in [0.25, 0.3) is 0 Å². The number of benzene rings is 2. The van der Waals surface area contributed by atoms with Crippen LogP contribution in [0.5, 0.6) is 17.6 Å². The van der Waals surface area contributed by atoms with E-state index in [1.807, 2.05) is 4.90 Å². The van der Waals surface area contributed by atoms with Crippen LogP contribution in [0.3, 0.4) is 0 Å². The first-order valence-electron chi connectivity index (χ1n) is 19.0. The lowest BCUT2D eigenvalue weighted by Crippen LogP contribution is -2.63. The van der Waals surface area contributed by atoms with Crippen molar-refractivity contribution in [3.8, 4) is 28.9 Å². The maximum atomic E-state index is 17.2. The van der Waals surface area contributed by atoms with Crippen LogP contribution in [0.2, 0.25) is 0 Å². The van der Waals surface area contributed by atoms with Crippen LogP contribution >= 0.6 is 0 Å². The fraction of sp³-hybridized carbons (Fsp3) is 0.575. The van der Waals surface area contributed by atoms with E-state index in [1.54, 1.807) is 13.0 Å². The van der Waals surface area contributed by atoms with Gasteiger partial charge in [-0.3, -0.25) is 4.90 Å². The number of phenolic OH excluding ortho intramolecular Hbond substituents is 1. The molecule has 13 heteroatoms. The first-order valence-corrected chi connectivity index (χ1v) is 19.0. The third-order valence-electron chi connectivity index (χ3n) is 12.8. The molecule has 1 spiro atoms. The Hall–Kier alpha value is -3.91. The quantitative estimate of drug-likeness (QED) is 0.233. The summed E-state index contributed by atoms with van der Waals surface area (Å²) in [6, 6.07) is 8.08. The van der Waals surface area contributed by atoms with Crippen molar-refractivity contribution < 1.29 is 37.9 Å². The van der Waals surface area contributed by atoms with Crippen molar-refractivity contribution in [2.24, 2.45) is 10.8 Å². The number of aliphatic hydroxyl groups is 1. The Kier molecular flexibility index (Phi) is 8.64. The number of fused-ring (bicyclic) bond motifs is 3. The summed E-state index contributed by atoms with van der Waals surface area (Å²) in [7, 11) is 1.42. The fourth-order valence-electron chi connectivity index (χ4n) is 10.3. The van der Waals surface area contributed by atoms with Gasteiger partial charge in [-0.25, -0.2) is 13.8 Å². The highest BCUT2D eigenvalue weighted by molar-refractivity contribution is 6.02. The molecule has 0 bridgehead atoms. The lowest BCUT2D eigenvalue weighted by molar-refractivity contribution is -0.101. The van der Waals surface area contributed by atoms with E-state index in [4.69, 9.17) is 28.9 Å². The number of pyridine rings is 1. The van der Waals surface area contributed by atoms with E-state index < -0.39 is 17.2 Å². The molecule has 3 aliphatic heterocycles. The van der Waals surface area contributed by atoms with E-state index in [9.17, 15) is 10.2 Å². The number of halogens is 2. The Morgan fingerprint density at radius 3 is 2.58 bits per heavy atom. The molecule has 9 rings (SSSR count). The van der Waals surface area contributed by atoms with Gasteiger partial charge in [-0.2, -0.15) is 9.97 Å². The van der Waals surface area contributed by atoms with Gasteiger partial charge >= 0.3 is 6.01 Å². The maximum absolute atomic E-state index is 17.2. The summed E-state index contributed by atoms with van der Waals surface area (Å²) in [6.45, 7) is 5.76. The molecule has 2 saturated carbocycles. The zero-order valence-electron chi connectivity index (χ0n) is 30.4. The summed E-state index contributed by atoms with van der Waals surface area (Å²) >= 11 is 0. The average Bonchev–Trinajstić information content (AvgIpc) is 3.78. The number of likely N-dealkylation sites (tertiary alicyclic amines) is 1. The number of ether oxygens (including phenoxy) is 4. The highest BCUT2D eigenvalue weighted by Gasteiger charge is 2.57. The summed E-state index contributed by atoms with van der Waals surface area (Å²) in [5.74, 6) is -1.29. The zero-order valence-corrected chi connectivity index (χ0v) is 30.4. The molecule has 5 aliphatic rings. The molecule has 282 valence electrons. The van der Waals surface area contributed by atoms with E-state index in [0.717, 1.165) is 58.3 Å². The van der Waals surface area contributed by atoms with Crippen LogP contribution < -0.4 is 14.4 Å². The van der Waals surface area contributed by atoms with Crippen molar-refractivity contribution in [2.45, 2.75) is 76.0 Å². The molecule has 5 unspecified atom stereocenters. The van der Waals surface area contributed by atoms with Gasteiger partial charge in [-0.1, -0.05) is 18.6 Å². The molecule has 3 saturated heterocycles. The highest BCUT2D eigenvalue weighted by atomic mass is 19.1. The van der Waals surface area contributed by atoms with E-state index >= 15 is 8.78 Å². The third-order valence-corrected chi connectivity index (χ3v) is 12.8. The van der Waals surface area contributed by atoms with Crippen molar-refractivity contribution >= 4 is 27.5 Å². The second-order valence-corrected chi connectivity index (χ2v) is 16.3. The van der Waals surface area contributed by atoms with Gasteiger partial charge in [-0.05, 0) is 82.0 Å². The Morgan fingerprint density at radius 1 is 0.943 bits per heavy atom. The Bertz CT molecular complexity index is 2060. The molecule has 5 fully saturated rings. The van der Waals surface area contributed by atoms with E-state index in [0.29, 0.717) is 43.0 Å². The molecule has 0 amide bonds. The molecule has 4 aromatic rings.